The molecule has 1 saturated heterocycles. The van der Waals surface area contributed by atoms with Crippen LogP contribution in [0.4, 0.5) is 0 Å². The Kier molecular flexibility index (Phi) is 5.84. The fourth-order valence-electron chi connectivity index (χ4n) is 2.91. The first kappa shape index (κ1) is 17.1. The van der Waals surface area contributed by atoms with Crippen LogP contribution < -0.4 is 4.74 Å². The Bertz CT molecular complexity index is 581. The van der Waals surface area contributed by atoms with Crippen LogP contribution >= 0.6 is 0 Å². The van der Waals surface area contributed by atoms with Crippen LogP contribution in [0.1, 0.15) is 18.0 Å². The zero-order chi connectivity index (χ0) is 16.8. The van der Waals surface area contributed by atoms with Crippen molar-refractivity contribution in [3.63, 3.8) is 0 Å². The number of carbonyl (C=O) groups excluding carboxylic acids is 1. The van der Waals surface area contributed by atoms with Gasteiger partial charge in [-0.2, -0.15) is 0 Å². The van der Waals surface area contributed by atoms with E-state index in [9.17, 15) is 4.79 Å². The molecule has 0 aromatic heterocycles. The van der Waals surface area contributed by atoms with Gasteiger partial charge in [-0.1, -0.05) is 17.2 Å². The number of likely N-dealkylation sites (tertiary alicyclic amines) is 1. The van der Waals surface area contributed by atoms with E-state index in [1.165, 1.54) is 0 Å². The molecule has 1 fully saturated rings. The van der Waals surface area contributed by atoms with E-state index >= 15 is 0 Å². The molecule has 1 aliphatic heterocycles. The lowest BCUT2D eigenvalue weighted by molar-refractivity contribution is -0.128. The molecular weight excluding hydrogens is 294 g/mol. The molecule has 1 heterocycles. The Morgan fingerprint density at radius 1 is 1.43 bits per heavy atom. The van der Waals surface area contributed by atoms with E-state index in [0.29, 0.717) is 26.1 Å². The molecule has 2 unspecified atom stereocenters. The number of benzene rings is 1. The van der Waals surface area contributed by atoms with Crippen molar-refractivity contribution >= 4 is 5.91 Å². The fourth-order valence-corrected chi connectivity index (χ4v) is 2.91. The predicted molar refractivity (Wildman–Crippen MR) is 88.1 cm³/mol. The maximum absolute atomic E-state index is 12.2. The normalized spacial score (nSPS) is 18.9. The number of amides is 1. The van der Waals surface area contributed by atoms with Crippen molar-refractivity contribution in [3.05, 3.63) is 40.3 Å². The molecule has 124 valence electrons. The summed E-state index contributed by atoms with van der Waals surface area (Å²) in [7, 11) is 5.66. The van der Waals surface area contributed by atoms with Gasteiger partial charge in [0.2, 0.25) is 5.91 Å². The molecule has 0 N–H and O–H groups in total. The summed E-state index contributed by atoms with van der Waals surface area (Å²) in [4.78, 5) is 18.9. The minimum atomic E-state index is 0.114. The summed E-state index contributed by atoms with van der Waals surface area (Å²) in [6.07, 6.45) is 0.460. The van der Waals surface area contributed by atoms with Gasteiger partial charge in [0.1, 0.15) is 5.75 Å². The number of hydrogen-bond acceptors (Lipinski definition) is 4. The zero-order valence-electron chi connectivity index (χ0n) is 13.8. The highest BCUT2D eigenvalue weighted by Crippen LogP contribution is 2.26. The lowest BCUT2D eigenvalue weighted by Gasteiger charge is -2.29. The van der Waals surface area contributed by atoms with Crippen molar-refractivity contribution in [2.45, 2.75) is 12.5 Å². The first-order valence-corrected chi connectivity index (χ1v) is 7.64. The minimum absolute atomic E-state index is 0.114. The first-order chi connectivity index (χ1) is 11.0. The van der Waals surface area contributed by atoms with Crippen LogP contribution in [-0.2, 0) is 4.79 Å². The summed E-state index contributed by atoms with van der Waals surface area (Å²) < 4.78 is 5.19. The number of azide groups is 1. The molecule has 2 atom stereocenters. The SMILES string of the molecule is COc1ccc(C(CN2CC(CN=[N+]=[N-])CC2=O)N(C)C)cc1. The third-order valence-corrected chi connectivity index (χ3v) is 4.21. The predicted octanol–water partition coefficient (Wildman–Crippen LogP) is 2.46. The molecule has 0 spiro atoms. The van der Waals surface area contributed by atoms with E-state index in [1.807, 2.05) is 43.3 Å². The Hall–Kier alpha value is -2.24. The Balaban J connectivity index is 2.07. The molecule has 7 heteroatoms. The number of nitrogens with zero attached hydrogens (tertiary/aromatic N) is 5. The van der Waals surface area contributed by atoms with Crippen molar-refractivity contribution in [2.75, 3.05) is 40.8 Å². The molecule has 7 nitrogen and oxygen atoms in total. The quantitative estimate of drug-likeness (QED) is 0.440. The number of ether oxygens (including phenoxy) is 1. The van der Waals surface area contributed by atoms with E-state index in [2.05, 4.69) is 14.9 Å². The monoisotopic (exact) mass is 317 g/mol. The summed E-state index contributed by atoms with van der Waals surface area (Å²) in [5.41, 5.74) is 9.55. The van der Waals surface area contributed by atoms with E-state index in [-0.39, 0.29) is 17.9 Å². The highest BCUT2D eigenvalue weighted by molar-refractivity contribution is 5.78. The molecule has 1 amide bonds. The number of methoxy groups -OCH3 is 1. The third-order valence-electron chi connectivity index (χ3n) is 4.21. The molecule has 1 aromatic rings. The molecule has 2 rings (SSSR count). The average molecular weight is 317 g/mol. The standard InChI is InChI=1S/C16H23N5O2/c1-20(2)15(13-4-6-14(23-3)7-5-13)11-21-10-12(8-16(21)22)9-18-19-17/h4-7,12,15H,8-11H2,1-3H3. The zero-order valence-corrected chi connectivity index (χ0v) is 13.8. The van der Waals surface area contributed by atoms with Crippen LogP contribution in [0.3, 0.4) is 0 Å². The van der Waals surface area contributed by atoms with E-state index < -0.39 is 0 Å². The molecule has 1 aliphatic rings. The molecule has 1 aromatic carbocycles. The molecule has 0 bridgehead atoms. The second-order valence-electron chi connectivity index (χ2n) is 6.03. The van der Waals surface area contributed by atoms with Crippen LogP contribution in [0.15, 0.2) is 29.4 Å². The van der Waals surface area contributed by atoms with Crippen LogP contribution in [0.25, 0.3) is 10.4 Å². The number of likely N-dealkylation sites (N-methyl/N-ethyl adjacent to an activating group) is 1. The second-order valence-corrected chi connectivity index (χ2v) is 6.03. The topological polar surface area (TPSA) is 81.5 Å². The Morgan fingerprint density at radius 2 is 2.13 bits per heavy atom. The Morgan fingerprint density at radius 3 is 2.70 bits per heavy atom. The lowest BCUT2D eigenvalue weighted by atomic mass is 10.1. The van der Waals surface area contributed by atoms with Crippen molar-refractivity contribution in [3.8, 4) is 5.75 Å². The van der Waals surface area contributed by atoms with Crippen molar-refractivity contribution < 1.29 is 9.53 Å². The van der Waals surface area contributed by atoms with Crippen LogP contribution in [0.2, 0.25) is 0 Å². The van der Waals surface area contributed by atoms with Gasteiger partial charge in [-0.25, -0.2) is 0 Å². The van der Waals surface area contributed by atoms with Gasteiger partial charge in [0.25, 0.3) is 0 Å². The van der Waals surface area contributed by atoms with Crippen molar-refractivity contribution in [1.82, 2.24) is 9.80 Å². The summed E-state index contributed by atoms with van der Waals surface area (Å²) in [6, 6.07) is 8.04. The van der Waals surface area contributed by atoms with Crippen molar-refractivity contribution in [1.29, 1.82) is 0 Å². The minimum Gasteiger partial charge on any atom is -0.497 e. The molecular formula is C16H23N5O2. The van der Waals surface area contributed by atoms with E-state index in [1.54, 1.807) is 7.11 Å². The van der Waals surface area contributed by atoms with Gasteiger partial charge in [-0.15, -0.1) is 0 Å². The number of hydrogen-bond donors (Lipinski definition) is 0. The first-order valence-electron chi connectivity index (χ1n) is 7.64. The van der Waals surface area contributed by atoms with Gasteiger partial charge < -0.3 is 14.5 Å². The molecule has 0 aliphatic carbocycles. The third kappa shape index (κ3) is 4.37. The van der Waals surface area contributed by atoms with Gasteiger partial charge in [0.05, 0.1) is 13.2 Å². The number of carbonyl (C=O) groups is 1. The largest absolute Gasteiger partial charge is 0.497 e. The number of rotatable bonds is 7. The maximum Gasteiger partial charge on any atom is 0.222 e. The van der Waals surface area contributed by atoms with Gasteiger partial charge in [-0.05, 0) is 43.2 Å². The fraction of sp³-hybridized carbons (Fsp3) is 0.562. The smallest absolute Gasteiger partial charge is 0.222 e. The molecule has 0 saturated carbocycles. The summed E-state index contributed by atoms with van der Waals surface area (Å²) in [5, 5.41) is 3.59. The van der Waals surface area contributed by atoms with Gasteiger partial charge in [-0.3, -0.25) is 4.79 Å². The summed E-state index contributed by atoms with van der Waals surface area (Å²) in [6.45, 7) is 1.66. The van der Waals surface area contributed by atoms with Crippen LogP contribution in [-0.4, -0.2) is 56.5 Å². The van der Waals surface area contributed by atoms with Crippen LogP contribution in [0, 0.1) is 5.92 Å². The van der Waals surface area contributed by atoms with Gasteiger partial charge in [0.15, 0.2) is 0 Å². The average Bonchev–Trinajstić information content (AvgIpc) is 2.90. The highest BCUT2D eigenvalue weighted by atomic mass is 16.5. The Labute approximate surface area is 136 Å². The lowest BCUT2D eigenvalue weighted by Crippen LogP contribution is -2.35. The maximum atomic E-state index is 12.2. The van der Waals surface area contributed by atoms with Gasteiger partial charge in [0, 0.05) is 31.0 Å². The van der Waals surface area contributed by atoms with Gasteiger partial charge >= 0.3 is 0 Å². The summed E-state index contributed by atoms with van der Waals surface area (Å²) >= 11 is 0. The van der Waals surface area contributed by atoms with Crippen molar-refractivity contribution in [2.24, 2.45) is 11.0 Å². The van der Waals surface area contributed by atoms with E-state index in [4.69, 9.17) is 10.3 Å². The molecule has 0 radical (unpaired) electrons. The van der Waals surface area contributed by atoms with E-state index in [0.717, 1.165) is 11.3 Å². The highest BCUT2D eigenvalue weighted by Gasteiger charge is 2.31. The second kappa shape index (κ2) is 7.85. The summed E-state index contributed by atoms with van der Waals surface area (Å²) in [5.74, 6) is 1.07. The van der Waals surface area contributed by atoms with Crippen LogP contribution in [0.5, 0.6) is 5.75 Å². The molecule has 23 heavy (non-hydrogen) atoms.